The number of fused-ring (bicyclic) bond motifs is 1. The zero-order valence-corrected chi connectivity index (χ0v) is 11.6. The summed E-state index contributed by atoms with van der Waals surface area (Å²) in [5.41, 5.74) is 0. The van der Waals surface area contributed by atoms with Gasteiger partial charge in [0.1, 0.15) is 0 Å². The number of hydrogen-bond acceptors (Lipinski definition) is 2. The minimum atomic E-state index is 0.895. The van der Waals surface area contributed by atoms with Crippen molar-refractivity contribution in [1.82, 2.24) is 10.2 Å². The van der Waals surface area contributed by atoms with Gasteiger partial charge in [-0.05, 0) is 76.3 Å². The van der Waals surface area contributed by atoms with Crippen molar-refractivity contribution in [1.29, 1.82) is 0 Å². The summed E-state index contributed by atoms with van der Waals surface area (Å²) in [5.74, 6) is 2.04. The van der Waals surface area contributed by atoms with Crippen molar-refractivity contribution in [2.45, 2.75) is 75.9 Å². The van der Waals surface area contributed by atoms with E-state index in [4.69, 9.17) is 0 Å². The van der Waals surface area contributed by atoms with Gasteiger partial charge in [-0.3, -0.25) is 4.90 Å². The van der Waals surface area contributed by atoms with E-state index in [9.17, 15) is 0 Å². The average Bonchev–Trinajstić information content (AvgIpc) is 3.04. The molecule has 1 N–H and O–H groups in total. The monoisotopic (exact) mass is 248 g/mol. The van der Waals surface area contributed by atoms with E-state index >= 15 is 0 Å². The van der Waals surface area contributed by atoms with Crippen LogP contribution in [0, 0.1) is 11.8 Å². The van der Waals surface area contributed by atoms with E-state index in [1.165, 1.54) is 70.9 Å². The molecule has 4 aliphatic rings. The highest BCUT2D eigenvalue weighted by molar-refractivity contribution is 4.98. The van der Waals surface area contributed by atoms with Crippen molar-refractivity contribution in [3.8, 4) is 0 Å². The van der Waals surface area contributed by atoms with Crippen LogP contribution >= 0.6 is 0 Å². The van der Waals surface area contributed by atoms with Crippen LogP contribution in [-0.2, 0) is 0 Å². The normalized spacial score (nSPS) is 44.7. The highest BCUT2D eigenvalue weighted by Crippen LogP contribution is 2.43. The zero-order chi connectivity index (χ0) is 11.9. The van der Waals surface area contributed by atoms with Crippen LogP contribution in [0.2, 0.25) is 0 Å². The molecule has 1 saturated heterocycles. The molecular formula is C16H28N2. The van der Waals surface area contributed by atoms with E-state index in [0.29, 0.717) is 0 Å². The topological polar surface area (TPSA) is 15.3 Å². The van der Waals surface area contributed by atoms with Gasteiger partial charge in [-0.15, -0.1) is 0 Å². The van der Waals surface area contributed by atoms with Gasteiger partial charge < -0.3 is 5.32 Å². The van der Waals surface area contributed by atoms with Crippen molar-refractivity contribution in [2.75, 3.05) is 13.1 Å². The number of piperidine rings is 1. The second kappa shape index (κ2) is 4.79. The third kappa shape index (κ3) is 2.12. The molecule has 1 aliphatic heterocycles. The zero-order valence-electron chi connectivity index (χ0n) is 11.6. The summed E-state index contributed by atoms with van der Waals surface area (Å²) in [6.45, 7) is 2.72. The molecule has 0 aromatic carbocycles. The summed E-state index contributed by atoms with van der Waals surface area (Å²) >= 11 is 0. The number of hydrogen-bond donors (Lipinski definition) is 1. The van der Waals surface area contributed by atoms with Crippen LogP contribution in [-0.4, -0.2) is 36.1 Å². The molecule has 18 heavy (non-hydrogen) atoms. The van der Waals surface area contributed by atoms with Crippen molar-refractivity contribution in [2.24, 2.45) is 11.8 Å². The molecule has 3 saturated carbocycles. The summed E-state index contributed by atoms with van der Waals surface area (Å²) in [6.07, 6.45) is 13.4. The quantitative estimate of drug-likeness (QED) is 0.823. The molecule has 4 fully saturated rings. The molecule has 0 amide bonds. The highest BCUT2D eigenvalue weighted by atomic mass is 15.2. The van der Waals surface area contributed by atoms with Gasteiger partial charge >= 0.3 is 0 Å². The van der Waals surface area contributed by atoms with Crippen LogP contribution < -0.4 is 5.32 Å². The summed E-state index contributed by atoms with van der Waals surface area (Å²) in [6, 6.07) is 2.82. The summed E-state index contributed by atoms with van der Waals surface area (Å²) < 4.78 is 0. The minimum absolute atomic E-state index is 0.895. The van der Waals surface area contributed by atoms with Gasteiger partial charge in [-0.2, -0.15) is 0 Å². The number of rotatable bonds is 4. The first kappa shape index (κ1) is 11.7. The van der Waals surface area contributed by atoms with Crippen molar-refractivity contribution >= 4 is 0 Å². The molecule has 0 bridgehead atoms. The Morgan fingerprint density at radius 2 is 1.72 bits per heavy atom. The van der Waals surface area contributed by atoms with E-state index in [1.54, 1.807) is 0 Å². The van der Waals surface area contributed by atoms with Crippen molar-refractivity contribution in [3.05, 3.63) is 0 Å². The standard InChI is InChI=1S/C16H28N2/c1-3-12-4-2-10-18(15(12)5-1)16-9-6-13(16)11-17-14-7-8-14/h12-17H,1-11H2. The van der Waals surface area contributed by atoms with Gasteiger partial charge in [0.25, 0.3) is 0 Å². The third-order valence-corrected chi connectivity index (χ3v) is 6.09. The van der Waals surface area contributed by atoms with Crippen LogP contribution in [0.25, 0.3) is 0 Å². The van der Waals surface area contributed by atoms with Gasteiger partial charge in [-0.25, -0.2) is 0 Å². The molecule has 3 aliphatic carbocycles. The molecule has 0 aromatic heterocycles. The maximum Gasteiger partial charge on any atom is 0.0139 e. The lowest BCUT2D eigenvalue weighted by Gasteiger charge is -2.50. The lowest BCUT2D eigenvalue weighted by atomic mass is 9.76. The van der Waals surface area contributed by atoms with E-state index in [0.717, 1.165) is 30.0 Å². The van der Waals surface area contributed by atoms with Gasteiger partial charge in [0.15, 0.2) is 0 Å². The number of likely N-dealkylation sites (tertiary alicyclic amines) is 1. The van der Waals surface area contributed by atoms with Crippen LogP contribution in [0.3, 0.4) is 0 Å². The van der Waals surface area contributed by atoms with Crippen LogP contribution in [0.5, 0.6) is 0 Å². The molecule has 0 aromatic rings. The lowest BCUT2D eigenvalue weighted by molar-refractivity contribution is -0.00739. The maximum atomic E-state index is 3.76. The van der Waals surface area contributed by atoms with E-state index in [2.05, 4.69) is 10.2 Å². The Balaban J connectivity index is 1.36. The minimum Gasteiger partial charge on any atom is -0.314 e. The Hall–Kier alpha value is -0.0800. The van der Waals surface area contributed by atoms with Crippen LogP contribution in [0.4, 0.5) is 0 Å². The molecule has 4 atom stereocenters. The Kier molecular flexibility index (Phi) is 3.12. The van der Waals surface area contributed by atoms with E-state index < -0.39 is 0 Å². The van der Waals surface area contributed by atoms with Gasteiger partial charge in [-0.1, -0.05) is 6.42 Å². The Labute approximate surface area is 111 Å². The van der Waals surface area contributed by atoms with Gasteiger partial charge in [0.05, 0.1) is 0 Å². The smallest absolute Gasteiger partial charge is 0.0139 e. The molecule has 102 valence electrons. The first-order valence-electron chi connectivity index (χ1n) is 8.41. The van der Waals surface area contributed by atoms with Crippen molar-refractivity contribution in [3.63, 3.8) is 0 Å². The summed E-state index contributed by atoms with van der Waals surface area (Å²) in [7, 11) is 0. The second-order valence-electron chi connectivity index (χ2n) is 7.23. The molecule has 2 nitrogen and oxygen atoms in total. The summed E-state index contributed by atoms with van der Waals surface area (Å²) in [5, 5.41) is 3.76. The highest BCUT2D eigenvalue weighted by Gasteiger charge is 2.43. The van der Waals surface area contributed by atoms with E-state index in [-0.39, 0.29) is 0 Å². The fourth-order valence-corrected chi connectivity index (χ4v) is 4.74. The Bertz CT molecular complexity index is 299. The maximum absolute atomic E-state index is 3.76. The average molecular weight is 248 g/mol. The van der Waals surface area contributed by atoms with Gasteiger partial charge in [0.2, 0.25) is 0 Å². The van der Waals surface area contributed by atoms with Crippen LogP contribution in [0.1, 0.15) is 57.8 Å². The molecule has 4 rings (SSSR count). The third-order valence-electron chi connectivity index (χ3n) is 6.09. The lowest BCUT2D eigenvalue weighted by Crippen LogP contribution is -2.57. The first-order valence-corrected chi connectivity index (χ1v) is 8.41. The fraction of sp³-hybridized carbons (Fsp3) is 1.00. The number of nitrogens with zero attached hydrogens (tertiary/aromatic N) is 1. The molecule has 1 heterocycles. The Morgan fingerprint density at radius 1 is 0.833 bits per heavy atom. The van der Waals surface area contributed by atoms with Gasteiger partial charge in [0, 0.05) is 18.1 Å². The molecule has 0 radical (unpaired) electrons. The fourth-order valence-electron chi connectivity index (χ4n) is 4.74. The second-order valence-corrected chi connectivity index (χ2v) is 7.23. The molecule has 0 spiro atoms. The molecule has 2 heteroatoms. The van der Waals surface area contributed by atoms with Crippen molar-refractivity contribution < 1.29 is 0 Å². The largest absolute Gasteiger partial charge is 0.314 e. The summed E-state index contributed by atoms with van der Waals surface area (Å²) in [4.78, 5) is 2.95. The molecular weight excluding hydrogens is 220 g/mol. The van der Waals surface area contributed by atoms with E-state index in [1.807, 2.05) is 0 Å². The molecule has 4 unspecified atom stereocenters. The predicted octanol–water partition coefficient (Wildman–Crippen LogP) is 2.78. The predicted molar refractivity (Wildman–Crippen MR) is 74.6 cm³/mol. The van der Waals surface area contributed by atoms with Crippen LogP contribution in [0.15, 0.2) is 0 Å². The number of nitrogens with one attached hydrogen (secondary N) is 1. The SMILES string of the molecule is C1CC2CCCN(C3CCC3CNC3CC3)C2C1. The first-order chi connectivity index (χ1) is 8.92. The Morgan fingerprint density at radius 3 is 2.50 bits per heavy atom.